The zero-order chi connectivity index (χ0) is 10.9. The highest BCUT2D eigenvalue weighted by molar-refractivity contribution is 7.91. The lowest BCUT2D eigenvalue weighted by molar-refractivity contribution is 0.0644. The smallest absolute Gasteiger partial charge is 0.150 e. The number of hydrogen-bond donors (Lipinski definition) is 1. The largest absolute Gasteiger partial charge is 0.377 e. The first-order chi connectivity index (χ1) is 7.12. The van der Waals surface area contributed by atoms with E-state index in [4.69, 9.17) is 4.74 Å². The summed E-state index contributed by atoms with van der Waals surface area (Å²) in [5, 5.41) is 3.23. The molecule has 2 aliphatic rings. The molecule has 0 amide bonds. The minimum atomic E-state index is -2.78. The molecule has 15 heavy (non-hydrogen) atoms. The minimum Gasteiger partial charge on any atom is -0.377 e. The fourth-order valence-corrected chi connectivity index (χ4v) is 4.57. The second-order valence-electron chi connectivity index (χ2n) is 4.53. The molecule has 3 atom stereocenters. The van der Waals surface area contributed by atoms with Gasteiger partial charge in [0.1, 0.15) is 0 Å². The number of rotatable bonds is 3. The van der Waals surface area contributed by atoms with E-state index in [0.717, 1.165) is 25.9 Å². The van der Waals surface area contributed by atoms with Crippen molar-refractivity contribution in [2.75, 3.05) is 25.2 Å². The molecule has 0 aliphatic carbocycles. The summed E-state index contributed by atoms with van der Waals surface area (Å²) in [6, 6.07) is 0.213. The number of likely N-dealkylation sites (N-methyl/N-ethyl adjacent to an activating group) is 1. The van der Waals surface area contributed by atoms with Crippen molar-refractivity contribution in [1.82, 2.24) is 5.32 Å². The van der Waals surface area contributed by atoms with Crippen molar-refractivity contribution in [3.8, 4) is 0 Å². The van der Waals surface area contributed by atoms with Crippen LogP contribution in [0.15, 0.2) is 0 Å². The van der Waals surface area contributed by atoms with E-state index in [1.165, 1.54) is 0 Å². The van der Waals surface area contributed by atoms with Crippen LogP contribution < -0.4 is 5.32 Å². The third-order valence-electron chi connectivity index (χ3n) is 3.47. The van der Waals surface area contributed by atoms with Gasteiger partial charge in [0.25, 0.3) is 0 Å². The van der Waals surface area contributed by atoms with E-state index in [1.54, 1.807) is 0 Å². The summed E-state index contributed by atoms with van der Waals surface area (Å²) >= 11 is 0. The maximum Gasteiger partial charge on any atom is 0.150 e. The Balaban J connectivity index is 2.01. The Kier molecular flexibility index (Phi) is 3.33. The standard InChI is InChI=1S/C10H19NO3S/c1-11-10(9-3-2-5-14-9)8-4-6-15(12,13)7-8/h8-11H,2-7H2,1H3. The van der Waals surface area contributed by atoms with E-state index in [1.807, 2.05) is 7.05 Å². The van der Waals surface area contributed by atoms with Crippen molar-refractivity contribution in [1.29, 1.82) is 0 Å². The highest BCUT2D eigenvalue weighted by Crippen LogP contribution is 2.28. The van der Waals surface area contributed by atoms with Crippen molar-refractivity contribution in [3.63, 3.8) is 0 Å². The van der Waals surface area contributed by atoms with Crippen molar-refractivity contribution >= 4 is 9.84 Å². The predicted octanol–water partition coefficient (Wildman–Crippen LogP) is 0.188. The molecule has 88 valence electrons. The lowest BCUT2D eigenvalue weighted by Crippen LogP contribution is -2.43. The van der Waals surface area contributed by atoms with Gasteiger partial charge < -0.3 is 10.1 Å². The maximum absolute atomic E-state index is 11.4. The first kappa shape index (κ1) is 11.4. The topological polar surface area (TPSA) is 55.4 Å². The van der Waals surface area contributed by atoms with Crippen LogP contribution in [0, 0.1) is 5.92 Å². The molecule has 5 heteroatoms. The Morgan fingerprint density at radius 1 is 1.40 bits per heavy atom. The zero-order valence-electron chi connectivity index (χ0n) is 9.11. The first-order valence-electron chi connectivity index (χ1n) is 5.62. The molecule has 2 saturated heterocycles. The molecule has 0 aromatic carbocycles. The van der Waals surface area contributed by atoms with E-state index < -0.39 is 9.84 Å². The summed E-state index contributed by atoms with van der Waals surface area (Å²) in [5.41, 5.74) is 0. The SMILES string of the molecule is CNC(C1CCS(=O)(=O)C1)C1CCCO1. The van der Waals surface area contributed by atoms with Crippen LogP contribution in [0.2, 0.25) is 0 Å². The number of hydrogen-bond acceptors (Lipinski definition) is 4. The van der Waals surface area contributed by atoms with Gasteiger partial charge in [-0.25, -0.2) is 8.42 Å². The molecule has 4 nitrogen and oxygen atoms in total. The van der Waals surface area contributed by atoms with Crippen LogP contribution in [0.4, 0.5) is 0 Å². The van der Waals surface area contributed by atoms with Crippen molar-refractivity contribution in [3.05, 3.63) is 0 Å². The van der Waals surface area contributed by atoms with E-state index in [0.29, 0.717) is 11.5 Å². The molecule has 0 spiro atoms. The summed E-state index contributed by atoms with van der Waals surface area (Å²) in [5.74, 6) is 0.920. The monoisotopic (exact) mass is 233 g/mol. The van der Waals surface area contributed by atoms with Crippen molar-refractivity contribution in [2.24, 2.45) is 5.92 Å². The average molecular weight is 233 g/mol. The molecular formula is C10H19NO3S. The van der Waals surface area contributed by atoms with Gasteiger partial charge in [0, 0.05) is 12.6 Å². The Labute approximate surface area is 91.3 Å². The fourth-order valence-electron chi connectivity index (χ4n) is 2.72. The average Bonchev–Trinajstić information content (AvgIpc) is 2.77. The Morgan fingerprint density at radius 3 is 2.67 bits per heavy atom. The van der Waals surface area contributed by atoms with Crippen LogP contribution in [0.25, 0.3) is 0 Å². The van der Waals surface area contributed by atoms with Crippen LogP contribution in [0.1, 0.15) is 19.3 Å². The molecule has 0 aromatic heterocycles. The third-order valence-corrected chi connectivity index (χ3v) is 5.27. The van der Waals surface area contributed by atoms with Gasteiger partial charge in [-0.1, -0.05) is 0 Å². The summed E-state index contributed by atoms with van der Waals surface area (Å²) in [7, 11) is -0.876. The lowest BCUT2D eigenvalue weighted by Gasteiger charge is -2.27. The van der Waals surface area contributed by atoms with Crippen LogP contribution in [-0.4, -0.2) is 45.7 Å². The fraction of sp³-hybridized carbons (Fsp3) is 1.00. The van der Waals surface area contributed by atoms with E-state index in [-0.39, 0.29) is 18.1 Å². The van der Waals surface area contributed by atoms with Gasteiger partial charge in [-0.3, -0.25) is 0 Å². The quantitative estimate of drug-likeness (QED) is 0.756. The van der Waals surface area contributed by atoms with Gasteiger partial charge in [0.15, 0.2) is 9.84 Å². The highest BCUT2D eigenvalue weighted by Gasteiger charge is 2.38. The predicted molar refractivity (Wildman–Crippen MR) is 58.6 cm³/mol. The molecule has 0 saturated carbocycles. The van der Waals surface area contributed by atoms with Crippen molar-refractivity contribution < 1.29 is 13.2 Å². The normalized spacial score (nSPS) is 36.9. The van der Waals surface area contributed by atoms with Crippen LogP contribution >= 0.6 is 0 Å². The van der Waals surface area contributed by atoms with Gasteiger partial charge in [-0.2, -0.15) is 0 Å². The van der Waals surface area contributed by atoms with Gasteiger partial charge in [-0.05, 0) is 32.2 Å². The summed E-state index contributed by atoms with van der Waals surface area (Å²) in [6.45, 7) is 0.822. The van der Waals surface area contributed by atoms with Crippen LogP contribution in [0.3, 0.4) is 0 Å². The van der Waals surface area contributed by atoms with Crippen molar-refractivity contribution in [2.45, 2.75) is 31.4 Å². The van der Waals surface area contributed by atoms with Gasteiger partial charge in [0.05, 0.1) is 17.6 Å². The second kappa shape index (κ2) is 4.39. The third kappa shape index (κ3) is 2.52. The molecule has 2 rings (SSSR count). The number of ether oxygens (including phenoxy) is 1. The molecule has 2 aliphatic heterocycles. The summed E-state index contributed by atoms with van der Waals surface area (Å²) < 4.78 is 28.4. The molecule has 2 fully saturated rings. The summed E-state index contributed by atoms with van der Waals surface area (Å²) in [4.78, 5) is 0. The number of nitrogens with one attached hydrogen (secondary N) is 1. The van der Waals surface area contributed by atoms with E-state index in [9.17, 15) is 8.42 Å². The zero-order valence-corrected chi connectivity index (χ0v) is 9.92. The minimum absolute atomic E-state index is 0.213. The number of sulfone groups is 1. The Bertz CT molecular complexity index is 309. The molecule has 0 radical (unpaired) electrons. The highest BCUT2D eigenvalue weighted by atomic mass is 32.2. The molecule has 0 bridgehead atoms. The van der Waals surface area contributed by atoms with Gasteiger partial charge >= 0.3 is 0 Å². The van der Waals surface area contributed by atoms with Gasteiger partial charge in [0.2, 0.25) is 0 Å². The first-order valence-corrected chi connectivity index (χ1v) is 7.44. The van der Waals surface area contributed by atoms with Crippen LogP contribution in [-0.2, 0) is 14.6 Å². The Morgan fingerprint density at radius 2 is 2.20 bits per heavy atom. The molecule has 0 aromatic rings. The van der Waals surface area contributed by atoms with Gasteiger partial charge in [-0.15, -0.1) is 0 Å². The molecule has 3 unspecified atom stereocenters. The van der Waals surface area contributed by atoms with Crippen LogP contribution in [0.5, 0.6) is 0 Å². The summed E-state index contributed by atoms with van der Waals surface area (Å²) in [6.07, 6.45) is 3.16. The second-order valence-corrected chi connectivity index (χ2v) is 6.76. The molecule has 2 heterocycles. The maximum atomic E-state index is 11.4. The molecular weight excluding hydrogens is 214 g/mol. The lowest BCUT2D eigenvalue weighted by atomic mass is 9.93. The molecule has 1 N–H and O–H groups in total. The van der Waals surface area contributed by atoms with E-state index in [2.05, 4.69) is 5.32 Å². The van der Waals surface area contributed by atoms with E-state index >= 15 is 0 Å². The Hall–Kier alpha value is -0.130.